The number of nitrogens with zero attached hydrogens (tertiary/aromatic N) is 3. The summed E-state index contributed by atoms with van der Waals surface area (Å²) in [7, 11) is 0. The molecule has 0 fully saturated rings. The molecule has 3 rings (SSSR count). The summed E-state index contributed by atoms with van der Waals surface area (Å²) in [5.41, 5.74) is 8.19. The minimum atomic E-state index is 0.673. The van der Waals surface area contributed by atoms with E-state index in [4.69, 9.17) is 5.73 Å². The van der Waals surface area contributed by atoms with Gasteiger partial charge in [0.25, 0.3) is 0 Å². The van der Waals surface area contributed by atoms with Gasteiger partial charge in [-0.25, -0.2) is 9.67 Å². The third-order valence-corrected chi connectivity index (χ3v) is 2.67. The second kappa shape index (κ2) is 3.34. The Morgan fingerprint density at radius 2 is 2.25 bits per heavy atom. The maximum Gasteiger partial charge on any atom is 0.229 e. The van der Waals surface area contributed by atoms with E-state index in [1.165, 1.54) is 0 Å². The monoisotopic (exact) mass is 277 g/mol. The lowest BCUT2D eigenvalue weighted by Gasteiger charge is -1.92. The van der Waals surface area contributed by atoms with E-state index in [-0.39, 0.29) is 0 Å². The van der Waals surface area contributed by atoms with Gasteiger partial charge in [0.15, 0.2) is 0 Å². The molecule has 0 saturated carbocycles. The Labute approximate surface area is 99.4 Å². The number of rotatable bonds is 1. The van der Waals surface area contributed by atoms with Gasteiger partial charge in [0, 0.05) is 11.9 Å². The molecule has 2 heterocycles. The smallest absolute Gasteiger partial charge is 0.229 e. The van der Waals surface area contributed by atoms with Gasteiger partial charge < -0.3 is 10.7 Å². The van der Waals surface area contributed by atoms with Gasteiger partial charge in [0.1, 0.15) is 0 Å². The topological polar surface area (TPSA) is 72.5 Å². The fourth-order valence-corrected chi connectivity index (χ4v) is 1.82. The lowest BCUT2D eigenvalue weighted by molar-refractivity contribution is 0.829. The van der Waals surface area contributed by atoms with Gasteiger partial charge >= 0.3 is 0 Å². The van der Waals surface area contributed by atoms with E-state index in [1.54, 1.807) is 10.9 Å². The van der Waals surface area contributed by atoms with Gasteiger partial charge in [-0.05, 0) is 34.1 Å². The molecule has 0 saturated heterocycles. The Bertz CT molecular complexity index is 654. The number of H-pyrrole nitrogens is 1. The number of halogens is 1. The fourth-order valence-electron chi connectivity index (χ4n) is 1.54. The third-order valence-electron chi connectivity index (χ3n) is 2.26. The van der Waals surface area contributed by atoms with Crippen molar-refractivity contribution in [3.8, 4) is 5.95 Å². The van der Waals surface area contributed by atoms with Crippen molar-refractivity contribution in [1.82, 2.24) is 19.7 Å². The second-order valence-corrected chi connectivity index (χ2v) is 4.36. The summed E-state index contributed by atoms with van der Waals surface area (Å²) in [5, 5.41) is 4.15. The molecule has 0 aliphatic carbocycles. The molecule has 16 heavy (non-hydrogen) atoms. The Hall–Kier alpha value is -1.82. The maximum absolute atomic E-state index is 5.70. The van der Waals surface area contributed by atoms with Crippen molar-refractivity contribution in [3.05, 3.63) is 35.1 Å². The molecule has 0 atom stereocenters. The van der Waals surface area contributed by atoms with E-state index in [1.807, 2.05) is 24.4 Å². The molecular weight excluding hydrogens is 270 g/mol. The molecule has 0 spiro atoms. The number of benzene rings is 1. The Kier molecular flexibility index (Phi) is 1.97. The average Bonchev–Trinajstić information content (AvgIpc) is 2.83. The largest absolute Gasteiger partial charge is 0.399 e. The van der Waals surface area contributed by atoms with Gasteiger partial charge in [-0.1, -0.05) is 0 Å². The van der Waals surface area contributed by atoms with E-state index in [2.05, 4.69) is 31.0 Å². The number of aromatic nitrogens is 4. The van der Waals surface area contributed by atoms with Crippen LogP contribution in [0, 0.1) is 0 Å². The highest BCUT2D eigenvalue weighted by atomic mass is 79.9. The Morgan fingerprint density at radius 3 is 3.00 bits per heavy atom. The molecule has 0 amide bonds. The standard InChI is InChI=1S/C10H8BrN5/c11-6-4-13-16(5-6)10-14-8-2-1-7(12)3-9(8)15-10/h1-5H,12H2,(H,14,15). The highest BCUT2D eigenvalue weighted by Crippen LogP contribution is 2.17. The summed E-state index contributed by atoms with van der Waals surface area (Å²) < 4.78 is 2.58. The first-order valence-electron chi connectivity index (χ1n) is 4.68. The van der Waals surface area contributed by atoms with E-state index in [0.717, 1.165) is 15.5 Å². The quantitative estimate of drug-likeness (QED) is 0.669. The first-order valence-corrected chi connectivity index (χ1v) is 5.47. The van der Waals surface area contributed by atoms with Crippen molar-refractivity contribution < 1.29 is 0 Å². The third kappa shape index (κ3) is 1.47. The number of nitrogens with one attached hydrogen (secondary N) is 1. The summed E-state index contributed by atoms with van der Waals surface area (Å²) in [6.07, 6.45) is 3.54. The molecule has 0 aliphatic heterocycles. The number of fused-ring (bicyclic) bond motifs is 1. The Balaban J connectivity index is 2.18. The van der Waals surface area contributed by atoms with Gasteiger partial charge in [0.2, 0.25) is 5.95 Å². The van der Waals surface area contributed by atoms with Crippen LogP contribution in [0.2, 0.25) is 0 Å². The number of anilines is 1. The molecule has 3 aromatic rings. The van der Waals surface area contributed by atoms with Gasteiger partial charge in [-0.3, -0.25) is 0 Å². The van der Waals surface area contributed by atoms with Crippen LogP contribution in [0.15, 0.2) is 35.1 Å². The van der Waals surface area contributed by atoms with Crippen LogP contribution >= 0.6 is 15.9 Å². The van der Waals surface area contributed by atoms with Crippen molar-refractivity contribution in [2.24, 2.45) is 0 Å². The van der Waals surface area contributed by atoms with Crippen LogP contribution < -0.4 is 5.73 Å². The zero-order chi connectivity index (χ0) is 11.1. The van der Waals surface area contributed by atoms with Crippen LogP contribution in [0.25, 0.3) is 17.0 Å². The van der Waals surface area contributed by atoms with Gasteiger partial charge in [-0.2, -0.15) is 5.10 Å². The van der Waals surface area contributed by atoms with Gasteiger partial charge in [-0.15, -0.1) is 0 Å². The van der Waals surface area contributed by atoms with E-state index >= 15 is 0 Å². The zero-order valence-corrected chi connectivity index (χ0v) is 9.77. The molecule has 1 aromatic carbocycles. The highest BCUT2D eigenvalue weighted by Gasteiger charge is 2.05. The SMILES string of the molecule is Nc1ccc2nc(-n3cc(Br)cn3)[nH]c2c1. The predicted octanol–water partition coefficient (Wildman–Crippen LogP) is 2.09. The number of hydrogen-bond acceptors (Lipinski definition) is 3. The van der Waals surface area contributed by atoms with Crippen LogP contribution in [0.3, 0.4) is 0 Å². The Morgan fingerprint density at radius 1 is 1.38 bits per heavy atom. The fraction of sp³-hybridized carbons (Fsp3) is 0. The number of imidazole rings is 1. The normalized spacial score (nSPS) is 11.1. The van der Waals surface area contributed by atoms with E-state index in [0.29, 0.717) is 11.6 Å². The molecule has 0 radical (unpaired) electrons. The second-order valence-electron chi connectivity index (χ2n) is 3.44. The summed E-state index contributed by atoms with van der Waals surface area (Å²) in [5.74, 6) is 0.673. The number of aromatic amines is 1. The van der Waals surface area contributed by atoms with Crippen molar-refractivity contribution in [2.75, 3.05) is 5.73 Å². The number of nitrogens with two attached hydrogens (primary N) is 1. The zero-order valence-electron chi connectivity index (χ0n) is 8.18. The van der Waals surface area contributed by atoms with E-state index < -0.39 is 0 Å². The van der Waals surface area contributed by atoms with Gasteiger partial charge in [0.05, 0.1) is 21.7 Å². The van der Waals surface area contributed by atoms with Crippen molar-refractivity contribution in [2.45, 2.75) is 0 Å². The molecule has 6 heteroatoms. The average molecular weight is 278 g/mol. The molecule has 2 aromatic heterocycles. The maximum atomic E-state index is 5.70. The van der Waals surface area contributed by atoms with E-state index in [9.17, 15) is 0 Å². The molecule has 0 bridgehead atoms. The lowest BCUT2D eigenvalue weighted by atomic mass is 10.3. The minimum absolute atomic E-state index is 0.673. The van der Waals surface area contributed by atoms with Crippen LogP contribution in [-0.2, 0) is 0 Å². The first kappa shape index (κ1) is 9.41. The van der Waals surface area contributed by atoms with Crippen LogP contribution in [0.1, 0.15) is 0 Å². The van der Waals surface area contributed by atoms with Crippen molar-refractivity contribution in [3.63, 3.8) is 0 Å². The van der Waals surface area contributed by atoms with Crippen molar-refractivity contribution in [1.29, 1.82) is 0 Å². The number of nitrogen functional groups attached to an aromatic ring is 1. The summed E-state index contributed by atoms with van der Waals surface area (Å²) >= 11 is 3.34. The lowest BCUT2D eigenvalue weighted by Crippen LogP contribution is -1.95. The summed E-state index contributed by atoms with van der Waals surface area (Å²) in [6.45, 7) is 0. The highest BCUT2D eigenvalue weighted by molar-refractivity contribution is 9.10. The molecule has 80 valence electrons. The van der Waals surface area contributed by atoms with Crippen LogP contribution in [-0.4, -0.2) is 19.7 Å². The molecule has 0 unspecified atom stereocenters. The molecular formula is C10H8BrN5. The molecule has 3 N–H and O–H groups in total. The summed E-state index contributed by atoms with van der Waals surface area (Å²) in [6, 6.07) is 5.56. The van der Waals surface area contributed by atoms with Crippen molar-refractivity contribution >= 4 is 32.7 Å². The first-order chi connectivity index (χ1) is 7.72. The molecule has 5 nitrogen and oxygen atoms in total. The predicted molar refractivity (Wildman–Crippen MR) is 65.3 cm³/mol. The van der Waals surface area contributed by atoms with Crippen LogP contribution in [0.5, 0.6) is 0 Å². The van der Waals surface area contributed by atoms with Crippen LogP contribution in [0.4, 0.5) is 5.69 Å². The number of hydrogen-bond donors (Lipinski definition) is 2. The molecule has 0 aliphatic rings. The minimum Gasteiger partial charge on any atom is -0.399 e. The summed E-state index contributed by atoms with van der Waals surface area (Å²) in [4.78, 5) is 7.56.